The summed E-state index contributed by atoms with van der Waals surface area (Å²) in [5.74, 6) is -0.671. The van der Waals surface area contributed by atoms with E-state index in [-0.39, 0.29) is 0 Å². The molecule has 1 N–H and O–H groups in total. The summed E-state index contributed by atoms with van der Waals surface area (Å²) in [5, 5.41) is 8.52. The molecule has 1 aliphatic heterocycles. The monoisotopic (exact) mass is 199 g/mol. The highest BCUT2D eigenvalue weighted by atomic mass is 16.4. The number of nitrogens with zero attached hydrogens (tertiary/aromatic N) is 1. The second kappa shape index (κ2) is 6.02. The first-order chi connectivity index (χ1) is 6.70. The van der Waals surface area contributed by atoms with Gasteiger partial charge < -0.3 is 10.0 Å². The van der Waals surface area contributed by atoms with E-state index < -0.39 is 5.97 Å². The molecule has 0 spiro atoms. The highest BCUT2D eigenvalue weighted by molar-refractivity contribution is 5.66. The van der Waals surface area contributed by atoms with Gasteiger partial charge in [0.2, 0.25) is 0 Å². The number of carbonyl (C=O) groups is 1. The molecule has 0 aromatic heterocycles. The molecule has 0 aliphatic carbocycles. The standard InChI is InChI=1S/C11H21NO2/c1-10(6-5-7-11(13)14)12-8-3-2-4-9-12/h10H,2-9H2,1H3,(H,13,14). The molecule has 14 heavy (non-hydrogen) atoms. The molecular weight excluding hydrogens is 178 g/mol. The van der Waals surface area contributed by atoms with Crippen molar-refractivity contribution in [3.63, 3.8) is 0 Å². The van der Waals surface area contributed by atoms with Crippen LogP contribution in [0.1, 0.15) is 45.4 Å². The molecule has 0 amide bonds. The first-order valence-electron chi connectivity index (χ1n) is 5.66. The summed E-state index contributed by atoms with van der Waals surface area (Å²) in [6.07, 6.45) is 6.13. The van der Waals surface area contributed by atoms with E-state index in [0.717, 1.165) is 12.8 Å². The Kier molecular flexibility index (Phi) is 4.94. The number of piperidine rings is 1. The molecular formula is C11H21NO2. The Hall–Kier alpha value is -0.570. The van der Waals surface area contributed by atoms with Crippen LogP contribution in [-0.4, -0.2) is 35.1 Å². The Balaban J connectivity index is 2.13. The van der Waals surface area contributed by atoms with Gasteiger partial charge in [0, 0.05) is 12.5 Å². The van der Waals surface area contributed by atoms with Crippen LogP contribution in [0.15, 0.2) is 0 Å². The predicted molar refractivity (Wildman–Crippen MR) is 56.4 cm³/mol. The van der Waals surface area contributed by atoms with Crippen molar-refractivity contribution < 1.29 is 9.90 Å². The van der Waals surface area contributed by atoms with Crippen LogP contribution >= 0.6 is 0 Å². The van der Waals surface area contributed by atoms with Crippen LogP contribution < -0.4 is 0 Å². The molecule has 1 fully saturated rings. The summed E-state index contributed by atoms with van der Waals surface area (Å²) in [5.41, 5.74) is 0. The number of aliphatic carboxylic acids is 1. The van der Waals surface area contributed by atoms with Gasteiger partial charge in [0.25, 0.3) is 0 Å². The van der Waals surface area contributed by atoms with Crippen LogP contribution in [0.4, 0.5) is 0 Å². The fourth-order valence-electron chi connectivity index (χ4n) is 2.09. The molecule has 0 aromatic rings. The molecule has 1 heterocycles. The largest absolute Gasteiger partial charge is 0.481 e. The van der Waals surface area contributed by atoms with Gasteiger partial charge in [-0.3, -0.25) is 4.79 Å². The second-order valence-electron chi connectivity index (χ2n) is 4.23. The maximum atomic E-state index is 10.3. The van der Waals surface area contributed by atoms with Crippen molar-refractivity contribution in [2.75, 3.05) is 13.1 Å². The van der Waals surface area contributed by atoms with E-state index in [1.807, 2.05) is 0 Å². The highest BCUT2D eigenvalue weighted by Gasteiger charge is 2.16. The second-order valence-corrected chi connectivity index (χ2v) is 4.23. The Morgan fingerprint density at radius 2 is 2.00 bits per heavy atom. The fourth-order valence-corrected chi connectivity index (χ4v) is 2.09. The van der Waals surface area contributed by atoms with E-state index in [9.17, 15) is 4.79 Å². The number of hydrogen-bond donors (Lipinski definition) is 1. The van der Waals surface area contributed by atoms with Crippen LogP contribution in [0.2, 0.25) is 0 Å². The van der Waals surface area contributed by atoms with E-state index in [4.69, 9.17) is 5.11 Å². The number of rotatable bonds is 5. The predicted octanol–water partition coefficient (Wildman–Crippen LogP) is 2.12. The fraction of sp³-hybridized carbons (Fsp3) is 0.909. The first-order valence-corrected chi connectivity index (χ1v) is 5.66. The molecule has 0 saturated carbocycles. The summed E-state index contributed by atoms with van der Waals surface area (Å²) >= 11 is 0. The smallest absolute Gasteiger partial charge is 0.303 e. The first kappa shape index (κ1) is 11.5. The van der Waals surface area contributed by atoms with Gasteiger partial charge in [-0.15, -0.1) is 0 Å². The molecule has 1 aliphatic rings. The van der Waals surface area contributed by atoms with Crippen molar-refractivity contribution in [2.24, 2.45) is 0 Å². The molecule has 3 nitrogen and oxygen atoms in total. The number of carboxylic acids is 1. The zero-order valence-electron chi connectivity index (χ0n) is 9.04. The third kappa shape index (κ3) is 4.09. The topological polar surface area (TPSA) is 40.5 Å². The van der Waals surface area contributed by atoms with Gasteiger partial charge in [-0.05, 0) is 45.7 Å². The molecule has 1 saturated heterocycles. The van der Waals surface area contributed by atoms with Crippen LogP contribution in [-0.2, 0) is 4.79 Å². The van der Waals surface area contributed by atoms with Crippen molar-refractivity contribution in [1.29, 1.82) is 0 Å². The maximum Gasteiger partial charge on any atom is 0.303 e. The van der Waals surface area contributed by atoms with Crippen LogP contribution in [0.5, 0.6) is 0 Å². The normalized spacial score (nSPS) is 20.6. The van der Waals surface area contributed by atoms with E-state index in [1.165, 1.54) is 32.4 Å². The number of carboxylic acid groups (broad SMARTS) is 1. The maximum absolute atomic E-state index is 10.3. The Labute approximate surface area is 86.1 Å². The van der Waals surface area contributed by atoms with Crippen molar-refractivity contribution in [3.05, 3.63) is 0 Å². The van der Waals surface area contributed by atoms with Gasteiger partial charge in [0.05, 0.1) is 0 Å². The lowest BCUT2D eigenvalue weighted by molar-refractivity contribution is -0.137. The minimum absolute atomic E-state index is 0.318. The average molecular weight is 199 g/mol. The summed E-state index contributed by atoms with van der Waals surface area (Å²) in [6, 6.07) is 0.564. The lowest BCUT2D eigenvalue weighted by Crippen LogP contribution is -2.37. The summed E-state index contributed by atoms with van der Waals surface area (Å²) in [6.45, 7) is 4.62. The molecule has 0 bridgehead atoms. The Morgan fingerprint density at radius 1 is 1.36 bits per heavy atom. The third-order valence-corrected chi connectivity index (χ3v) is 3.03. The zero-order valence-corrected chi connectivity index (χ0v) is 9.04. The van der Waals surface area contributed by atoms with E-state index >= 15 is 0 Å². The summed E-state index contributed by atoms with van der Waals surface area (Å²) < 4.78 is 0. The van der Waals surface area contributed by atoms with Gasteiger partial charge in [-0.25, -0.2) is 0 Å². The summed E-state index contributed by atoms with van der Waals surface area (Å²) in [7, 11) is 0. The third-order valence-electron chi connectivity index (χ3n) is 3.03. The van der Waals surface area contributed by atoms with Crippen LogP contribution in [0.3, 0.4) is 0 Å². The molecule has 1 rings (SSSR count). The van der Waals surface area contributed by atoms with Gasteiger partial charge in [0.1, 0.15) is 0 Å². The molecule has 3 heteroatoms. The number of hydrogen-bond acceptors (Lipinski definition) is 2. The molecule has 1 atom stereocenters. The molecule has 0 radical (unpaired) electrons. The lowest BCUT2D eigenvalue weighted by atomic mass is 10.1. The summed E-state index contributed by atoms with van der Waals surface area (Å²) in [4.78, 5) is 12.8. The van der Waals surface area contributed by atoms with Gasteiger partial charge in [-0.2, -0.15) is 0 Å². The van der Waals surface area contributed by atoms with Crippen LogP contribution in [0.25, 0.3) is 0 Å². The van der Waals surface area contributed by atoms with Gasteiger partial charge in [-0.1, -0.05) is 6.42 Å². The van der Waals surface area contributed by atoms with E-state index in [1.54, 1.807) is 0 Å². The van der Waals surface area contributed by atoms with E-state index in [0.29, 0.717) is 12.5 Å². The van der Waals surface area contributed by atoms with Crippen molar-refractivity contribution in [2.45, 2.75) is 51.5 Å². The van der Waals surface area contributed by atoms with Gasteiger partial charge in [0.15, 0.2) is 0 Å². The van der Waals surface area contributed by atoms with E-state index in [2.05, 4.69) is 11.8 Å². The quantitative estimate of drug-likeness (QED) is 0.737. The van der Waals surface area contributed by atoms with Crippen molar-refractivity contribution >= 4 is 5.97 Å². The Bertz CT molecular complexity index is 176. The molecule has 1 unspecified atom stereocenters. The molecule has 82 valence electrons. The minimum atomic E-state index is -0.671. The lowest BCUT2D eigenvalue weighted by Gasteiger charge is -2.32. The number of likely N-dealkylation sites (tertiary alicyclic amines) is 1. The minimum Gasteiger partial charge on any atom is -0.481 e. The van der Waals surface area contributed by atoms with Crippen molar-refractivity contribution in [3.8, 4) is 0 Å². The van der Waals surface area contributed by atoms with Crippen LogP contribution in [0, 0.1) is 0 Å². The highest BCUT2D eigenvalue weighted by Crippen LogP contribution is 2.15. The SMILES string of the molecule is CC(CCCC(=O)O)N1CCCCC1. The zero-order chi connectivity index (χ0) is 10.4. The van der Waals surface area contributed by atoms with Gasteiger partial charge >= 0.3 is 5.97 Å². The van der Waals surface area contributed by atoms with Crippen molar-refractivity contribution in [1.82, 2.24) is 4.90 Å². The molecule has 0 aromatic carbocycles. The average Bonchev–Trinajstić information content (AvgIpc) is 2.18. The Morgan fingerprint density at radius 3 is 2.57 bits per heavy atom.